The summed E-state index contributed by atoms with van der Waals surface area (Å²) in [6, 6.07) is 5.34. The maximum atomic E-state index is 12.5. The number of hydrogen-bond acceptors (Lipinski definition) is 4. The summed E-state index contributed by atoms with van der Waals surface area (Å²) < 4.78 is 10.8. The van der Waals surface area contributed by atoms with E-state index in [9.17, 15) is 14.7 Å². The summed E-state index contributed by atoms with van der Waals surface area (Å²) in [5.41, 5.74) is 1.53. The lowest BCUT2D eigenvalue weighted by atomic mass is 9.78. The van der Waals surface area contributed by atoms with Gasteiger partial charge in [0.25, 0.3) is 0 Å². The Hall–Kier alpha value is -2.08. The Morgan fingerprint density at radius 1 is 1.27 bits per heavy atom. The van der Waals surface area contributed by atoms with Crippen LogP contribution in [0.25, 0.3) is 0 Å². The molecule has 6 heteroatoms. The highest BCUT2D eigenvalue weighted by Crippen LogP contribution is 2.44. The molecular formula is C16H19NO5. The van der Waals surface area contributed by atoms with Gasteiger partial charge in [0.1, 0.15) is 5.75 Å². The smallest absolute Gasteiger partial charge is 0.310 e. The normalized spacial score (nSPS) is 29.4. The molecule has 1 amide bonds. The van der Waals surface area contributed by atoms with Gasteiger partial charge in [-0.2, -0.15) is 0 Å². The summed E-state index contributed by atoms with van der Waals surface area (Å²) in [5, 5.41) is 12.2. The van der Waals surface area contributed by atoms with Crippen LogP contribution in [-0.2, 0) is 14.3 Å². The van der Waals surface area contributed by atoms with Gasteiger partial charge < -0.3 is 19.9 Å². The zero-order valence-electron chi connectivity index (χ0n) is 12.5. The summed E-state index contributed by atoms with van der Waals surface area (Å²) in [6.45, 7) is 1.87. The van der Waals surface area contributed by atoms with Crippen molar-refractivity contribution in [2.45, 2.75) is 32.0 Å². The van der Waals surface area contributed by atoms with Crippen LogP contribution in [0, 0.1) is 18.8 Å². The number of aryl methyl sites for hydroxylation is 1. The second kappa shape index (κ2) is 5.61. The number of carboxylic acid groups (broad SMARTS) is 1. The quantitative estimate of drug-likeness (QED) is 0.886. The van der Waals surface area contributed by atoms with Crippen LogP contribution in [0.2, 0.25) is 0 Å². The highest BCUT2D eigenvalue weighted by atomic mass is 16.5. The minimum Gasteiger partial charge on any atom is -0.497 e. The van der Waals surface area contributed by atoms with Crippen molar-refractivity contribution in [1.82, 2.24) is 0 Å². The van der Waals surface area contributed by atoms with Crippen molar-refractivity contribution >= 4 is 17.6 Å². The van der Waals surface area contributed by atoms with E-state index in [0.717, 1.165) is 12.0 Å². The van der Waals surface area contributed by atoms with Gasteiger partial charge in [0.2, 0.25) is 5.91 Å². The van der Waals surface area contributed by atoms with E-state index in [1.165, 1.54) is 0 Å². The summed E-state index contributed by atoms with van der Waals surface area (Å²) in [5.74, 6) is -1.91. The number of rotatable bonds is 4. The molecule has 0 saturated carbocycles. The lowest BCUT2D eigenvalue weighted by molar-refractivity contribution is -0.147. The van der Waals surface area contributed by atoms with Crippen molar-refractivity contribution in [3.63, 3.8) is 0 Å². The number of carbonyl (C=O) groups excluding carboxylic acids is 1. The van der Waals surface area contributed by atoms with Crippen molar-refractivity contribution in [2.24, 2.45) is 11.8 Å². The molecule has 3 rings (SSSR count). The first-order valence-corrected chi connectivity index (χ1v) is 7.35. The fourth-order valence-corrected chi connectivity index (χ4v) is 3.44. The molecule has 2 aliphatic heterocycles. The molecule has 1 aromatic rings. The van der Waals surface area contributed by atoms with Crippen molar-refractivity contribution in [3.8, 4) is 5.75 Å². The third-order valence-electron chi connectivity index (χ3n) is 4.55. The summed E-state index contributed by atoms with van der Waals surface area (Å²) in [6.07, 6.45) is 0.834. The molecule has 2 N–H and O–H groups in total. The van der Waals surface area contributed by atoms with Gasteiger partial charge >= 0.3 is 5.97 Å². The molecule has 118 valence electrons. The number of amides is 1. The molecule has 2 bridgehead atoms. The monoisotopic (exact) mass is 305 g/mol. The molecule has 0 spiro atoms. The fourth-order valence-electron chi connectivity index (χ4n) is 3.44. The molecule has 22 heavy (non-hydrogen) atoms. The van der Waals surface area contributed by atoms with Gasteiger partial charge in [0.15, 0.2) is 0 Å². The number of ether oxygens (including phenoxy) is 2. The third kappa shape index (κ3) is 2.43. The number of carbonyl (C=O) groups is 2. The van der Waals surface area contributed by atoms with E-state index in [0.29, 0.717) is 17.9 Å². The maximum absolute atomic E-state index is 12.5. The van der Waals surface area contributed by atoms with Crippen LogP contribution in [0.1, 0.15) is 18.4 Å². The molecule has 0 aromatic heterocycles. The number of carboxylic acids is 1. The first-order valence-electron chi connectivity index (χ1n) is 7.35. The van der Waals surface area contributed by atoms with Crippen molar-refractivity contribution in [1.29, 1.82) is 0 Å². The van der Waals surface area contributed by atoms with Gasteiger partial charge in [-0.3, -0.25) is 9.59 Å². The first kappa shape index (κ1) is 14.8. The molecule has 0 radical (unpaired) electrons. The fraction of sp³-hybridized carbons (Fsp3) is 0.500. The SMILES string of the molecule is COc1ccc(NC(=O)[C@@H]2[C@H](C(=O)O)[C@H]3CC[C@H]2O3)c(C)c1. The summed E-state index contributed by atoms with van der Waals surface area (Å²) in [7, 11) is 1.58. The van der Waals surface area contributed by atoms with Crippen molar-refractivity contribution < 1.29 is 24.2 Å². The predicted molar refractivity (Wildman–Crippen MR) is 78.9 cm³/mol. The van der Waals surface area contributed by atoms with Crippen LogP contribution in [-0.4, -0.2) is 36.3 Å². The first-order chi connectivity index (χ1) is 10.5. The van der Waals surface area contributed by atoms with Crippen molar-refractivity contribution in [3.05, 3.63) is 23.8 Å². The third-order valence-corrected chi connectivity index (χ3v) is 4.55. The topological polar surface area (TPSA) is 84.9 Å². The zero-order chi connectivity index (χ0) is 15.9. The molecule has 2 aliphatic rings. The number of methoxy groups -OCH3 is 1. The second-order valence-electron chi connectivity index (χ2n) is 5.85. The van der Waals surface area contributed by atoms with E-state index >= 15 is 0 Å². The van der Waals surface area contributed by atoms with Crippen LogP contribution >= 0.6 is 0 Å². The van der Waals surface area contributed by atoms with Crippen LogP contribution in [0.15, 0.2) is 18.2 Å². The van der Waals surface area contributed by atoms with Crippen molar-refractivity contribution in [2.75, 3.05) is 12.4 Å². The Kier molecular flexibility index (Phi) is 3.78. The highest BCUT2D eigenvalue weighted by Gasteiger charge is 2.55. The Balaban J connectivity index is 1.78. The minimum atomic E-state index is -0.959. The molecule has 2 saturated heterocycles. The summed E-state index contributed by atoms with van der Waals surface area (Å²) in [4.78, 5) is 24.0. The van der Waals surface area contributed by atoms with Gasteiger partial charge in [0, 0.05) is 5.69 Å². The predicted octanol–water partition coefficient (Wildman–Crippen LogP) is 1.82. The van der Waals surface area contributed by atoms with E-state index in [-0.39, 0.29) is 18.1 Å². The average molecular weight is 305 g/mol. The van der Waals surface area contributed by atoms with Crippen LogP contribution in [0.4, 0.5) is 5.69 Å². The molecule has 0 aliphatic carbocycles. The summed E-state index contributed by atoms with van der Waals surface area (Å²) >= 11 is 0. The number of hydrogen-bond donors (Lipinski definition) is 2. The molecule has 0 unspecified atom stereocenters. The highest BCUT2D eigenvalue weighted by molar-refractivity contribution is 5.96. The Morgan fingerprint density at radius 2 is 1.95 bits per heavy atom. The lowest BCUT2D eigenvalue weighted by Crippen LogP contribution is -2.41. The van der Waals surface area contributed by atoms with Gasteiger partial charge in [-0.15, -0.1) is 0 Å². The Bertz CT molecular complexity index is 615. The number of fused-ring (bicyclic) bond motifs is 2. The number of aliphatic carboxylic acids is 1. The molecule has 1 aromatic carbocycles. The number of nitrogens with one attached hydrogen (secondary N) is 1. The lowest BCUT2D eigenvalue weighted by Gasteiger charge is -2.24. The number of benzene rings is 1. The molecule has 4 atom stereocenters. The van der Waals surface area contributed by atoms with E-state index < -0.39 is 17.8 Å². The Labute approximate surface area is 128 Å². The van der Waals surface area contributed by atoms with Gasteiger partial charge in [-0.1, -0.05) is 0 Å². The molecule has 2 heterocycles. The van der Waals surface area contributed by atoms with E-state index in [4.69, 9.17) is 9.47 Å². The number of anilines is 1. The van der Waals surface area contributed by atoms with Crippen LogP contribution in [0.3, 0.4) is 0 Å². The van der Waals surface area contributed by atoms with Crippen LogP contribution < -0.4 is 10.1 Å². The molecular weight excluding hydrogens is 286 g/mol. The van der Waals surface area contributed by atoms with E-state index in [1.807, 2.05) is 13.0 Å². The van der Waals surface area contributed by atoms with Gasteiger partial charge in [-0.05, 0) is 43.5 Å². The molecule has 2 fully saturated rings. The average Bonchev–Trinajstić information content (AvgIpc) is 3.09. The second-order valence-corrected chi connectivity index (χ2v) is 5.85. The van der Waals surface area contributed by atoms with E-state index in [1.54, 1.807) is 19.2 Å². The van der Waals surface area contributed by atoms with E-state index in [2.05, 4.69) is 5.32 Å². The minimum absolute atomic E-state index is 0.284. The largest absolute Gasteiger partial charge is 0.497 e. The maximum Gasteiger partial charge on any atom is 0.310 e. The van der Waals surface area contributed by atoms with Crippen LogP contribution in [0.5, 0.6) is 5.75 Å². The van der Waals surface area contributed by atoms with Gasteiger partial charge in [-0.25, -0.2) is 0 Å². The van der Waals surface area contributed by atoms with Gasteiger partial charge in [0.05, 0.1) is 31.2 Å². The Morgan fingerprint density at radius 3 is 2.55 bits per heavy atom. The standard InChI is InChI=1S/C16H19NO5/c1-8-7-9(21-2)3-4-10(8)17-15(18)13-11-5-6-12(22-11)14(13)16(19)20/h3-4,7,11-14H,5-6H2,1-2H3,(H,17,18)(H,19,20)/t11-,12-,13+,14-/m1/s1. The zero-order valence-corrected chi connectivity index (χ0v) is 12.5. The molecule has 6 nitrogen and oxygen atoms in total.